The number of ether oxygens (including phenoxy) is 1. The molecule has 94 valence electrons. The minimum atomic E-state index is 0.506. The molecule has 5 nitrogen and oxygen atoms in total. The van der Waals surface area contributed by atoms with Crippen molar-refractivity contribution in [2.45, 2.75) is 17.9 Å². The Hall–Kier alpha value is -1.82. The van der Waals surface area contributed by atoms with Crippen LogP contribution in [-0.4, -0.2) is 23.6 Å². The van der Waals surface area contributed by atoms with Crippen molar-refractivity contribution < 1.29 is 13.9 Å². The molecule has 2 aromatic rings. The second kappa shape index (κ2) is 5.68. The summed E-state index contributed by atoms with van der Waals surface area (Å²) in [7, 11) is 1.60. The lowest BCUT2D eigenvalue weighted by Crippen LogP contribution is -1.92. The predicted molar refractivity (Wildman–Crippen MR) is 67.0 cm³/mol. The first-order chi connectivity index (χ1) is 8.72. The van der Waals surface area contributed by atoms with E-state index >= 15 is 0 Å². The van der Waals surface area contributed by atoms with Crippen LogP contribution in [0.1, 0.15) is 21.8 Å². The summed E-state index contributed by atoms with van der Waals surface area (Å²) < 4.78 is 10.5. The first-order valence-electron chi connectivity index (χ1n) is 5.28. The van der Waals surface area contributed by atoms with Crippen LogP contribution in [0.15, 0.2) is 27.8 Å². The molecule has 0 unspecified atom stereocenters. The maximum Gasteiger partial charge on any atom is 0.276 e. The van der Waals surface area contributed by atoms with Crippen molar-refractivity contribution in [2.24, 2.45) is 0 Å². The summed E-state index contributed by atoms with van der Waals surface area (Å²) in [5, 5.41) is 8.15. The number of hydrogen-bond donors (Lipinski definition) is 0. The minimum Gasteiger partial charge on any atom is -0.496 e. The molecular formula is C12H12N2O3S. The average molecular weight is 264 g/mol. The van der Waals surface area contributed by atoms with E-state index in [1.165, 1.54) is 11.8 Å². The molecule has 0 N–H and O–H groups in total. The third kappa shape index (κ3) is 2.89. The molecule has 0 aliphatic heterocycles. The Kier molecular flexibility index (Phi) is 3.99. The molecule has 6 heteroatoms. The lowest BCUT2D eigenvalue weighted by atomic mass is 10.1. The van der Waals surface area contributed by atoms with Gasteiger partial charge >= 0.3 is 0 Å². The Labute approximate surface area is 109 Å². The topological polar surface area (TPSA) is 65.2 Å². The smallest absolute Gasteiger partial charge is 0.276 e. The van der Waals surface area contributed by atoms with Crippen LogP contribution in [0.25, 0.3) is 0 Å². The number of aryl methyl sites for hydroxylation is 1. The van der Waals surface area contributed by atoms with Gasteiger partial charge in [0, 0.05) is 23.8 Å². The first-order valence-corrected chi connectivity index (χ1v) is 6.26. The zero-order valence-electron chi connectivity index (χ0n) is 10.0. The highest BCUT2D eigenvalue weighted by Gasteiger charge is 2.08. The van der Waals surface area contributed by atoms with Crippen molar-refractivity contribution in [1.29, 1.82) is 0 Å². The number of hydrogen-bond acceptors (Lipinski definition) is 6. The Morgan fingerprint density at radius 2 is 2.28 bits per heavy atom. The first kappa shape index (κ1) is 12.6. The van der Waals surface area contributed by atoms with Crippen LogP contribution in [0.4, 0.5) is 0 Å². The van der Waals surface area contributed by atoms with E-state index in [-0.39, 0.29) is 0 Å². The van der Waals surface area contributed by atoms with Crippen LogP contribution in [0.3, 0.4) is 0 Å². The van der Waals surface area contributed by atoms with E-state index in [4.69, 9.17) is 9.15 Å². The van der Waals surface area contributed by atoms with Crippen LogP contribution in [0.2, 0.25) is 0 Å². The fourth-order valence-electron chi connectivity index (χ4n) is 1.46. The van der Waals surface area contributed by atoms with Crippen molar-refractivity contribution in [2.75, 3.05) is 7.11 Å². The van der Waals surface area contributed by atoms with Gasteiger partial charge < -0.3 is 9.15 Å². The largest absolute Gasteiger partial charge is 0.496 e. The minimum absolute atomic E-state index is 0.506. The fourth-order valence-corrected chi connectivity index (χ4v) is 2.24. The monoisotopic (exact) mass is 264 g/mol. The lowest BCUT2D eigenvalue weighted by molar-refractivity contribution is 0.112. The van der Waals surface area contributed by atoms with Gasteiger partial charge in [-0.3, -0.25) is 4.79 Å². The molecule has 0 fully saturated rings. The van der Waals surface area contributed by atoms with E-state index in [0.717, 1.165) is 17.6 Å². The number of nitrogens with zero attached hydrogens (tertiary/aromatic N) is 2. The van der Waals surface area contributed by atoms with Crippen LogP contribution < -0.4 is 4.74 Å². The number of thioether (sulfide) groups is 1. The van der Waals surface area contributed by atoms with E-state index in [2.05, 4.69) is 10.2 Å². The molecule has 0 saturated carbocycles. The summed E-state index contributed by atoms with van der Waals surface area (Å²) in [5.74, 6) is 1.88. The number of aromatic nitrogens is 2. The molecule has 1 aromatic heterocycles. The number of benzene rings is 1. The van der Waals surface area contributed by atoms with E-state index < -0.39 is 0 Å². The highest BCUT2D eigenvalue weighted by atomic mass is 32.2. The molecule has 0 atom stereocenters. The SMILES string of the molecule is COc1ccc(C=O)cc1CSc1nnc(C)o1. The molecule has 0 bridgehead atoms. The van der Waals surface area contributed by atoms with Crippen LogP contribution in [-0.2, 0) is 5.75 Å². The molecule has 0 aliphatic carbocycles. The second-order valence-corrected chi connectivity index (χ2v) is 4.49. The zero-order chi connectivity index (χ0) is 13.0. The average Bonchev–Trinajstić information content (AvgIpc) is 2.81. The molecule has 0 amide bonds. The quantitative estimate of drug-likeness (QED) is 0.610. The fraction of sp³-hybridized carbons (Fsp3) is 0.250. The van der Waals surface area contributed by atoms with Gasteiger partial charge in [-0.05, 0) is 18.2 Å². The third-order valence-corrected chi connectivity index (χ3v) is 3.17. The summed E-state index contributed by atoms with van der Waals surface area (Å²) in [5.41, 5.74) is 1.54. The number of rotatable bonds is 5. The van der Waals surface area contributed by atoms with E-state index in [1.54, 1.807) is 32.2 Å². The molecule has 1 heterocycles. The third-order valence-electron chi connectivity index (χ3n) is 2.30. The molecule has 0 spiro atoms. The number of carbonyl (C=O) groups excluding carboxylic acids is 1. The van der Waals surface area contributed by atoms with Crippen LogP contribution >= 0.6 is 11.8 Å². The van der Waals surface area contributed by atoms with Gasteiger partial charge in [0.2, 0.25) is 5.89 Å². The van der Waals surface area contributed by atoms with Crippen molar-refractivity contribution in [3.8, 4) is 5.75 Å². The van der Waals surface area contributed by atoms with E-state index in [9.17, 15) is 4.79 Å². The summed E-state index contributed by atoms with van der Waals surface area (Å²) in [6.07, 6.45) is 0.810. The molecular weight excluding hydrogens is 252 g/mol. The van der Waals surface area contributed by atoms with Crippen molar-refractivity contribution in [3.63, 3.8) is 0 Å². The van der Waals surface area contributed by atoms with Gasteiger partial charge in [-0.15, -0.1) is 10.2 Å². The maximum absolute atomic E-state index is 10.7. The molecule has 1 aromatic carbocycles. The predicted octanol–water partition coefficient (Wildman–Crippen LogP) is 2.49. The summed E-state index contributed by atoms with van der Waals surface area (Å²) in [6, 6.07) is 5.29. The standard InChI is InChI=1S/C12H12N2O3S/c1-8-13-14-12(17-8)18-7-10-5-9(6-15)3-4-11(10)16-2/h3-6H,7H2,1-2H3. The van der Waals surface area contributed by atoms with Gasteiger partial charge in [0.05, 0.1) is 7.11 Å². The van der Waals surface area contributed by atoms with Crippen molar-refractivity contribution in [3.05, 3.63) is 35.2 Å². The molecule has 0 aliphatic rings. The van der Waals surface area contributed by atoms with E-state index in [0.29, 0.717) is 22.4 Å². The highest BCUT2D eigenvalue weighted by molar-refractivity contribution is 7.98. The Morgan fingerprint density at radius 3 is 2.89 bits per heavy atom. The second-order valence-electron chi connectivity index (χ2n) is 3.56. The van der Waals surface area contributed by atoms with Gasteiger partial charge in [-0.2, -0.15) is 0 Å². The van der Waals surface area contributed by atoms with Crippen molar-refractivity contribution >= 4 is 18.0 Å². The molecule has 0 saturated heterocycles. The maximum atomic E-state index is 10.7. The lowest BCUT2D eigenvalue weighted by Gasteiger charge is -2.07. The molecule has 18 heavy (non-hydrogen) atoms. The van der Waals surface area contributed by atoms with Crippen molar-refractivity contribution in [1.82, 2.24) is 10.2 Å². The number of aldehydes is 1. The number of carbonyl (C=O) groups is 1. The summed E-state index contributed by atoms with van der Waals surface area (Å²) >= 11 is 1.41. The highest BCUT2D eigenvalue weighted by Crippen LogP contribution is 2.27. The van der Waals surface area contributed by atoms with E-state index in [1.807, 2.05) is 0 Å². The molecule has 2 rings (SSSR count). The van der Waals surface area contributed by atoms with Gasteiger partial charge in [0.1, 0.15) is 12.0 Å². The molecule has 0 radical (unpaired) electrons. The number of methoxy groups -OCH3 is 1. The van der Waals surface area contributed by atoms with Gasteiger partial charge in [0.15, 0.2) is 0 Å². The zero-order valence-corrected chi connectivity index (χ0v) is 10.9. The van der Waals surface area contributed by atoms with Crippen LogP contribution in [0.5, 0.6) is 5.75 Å². The van der Waals surface area contributed by atoms with Gasteiger partial charge in [-0.1, -0.05) is 11.8 Å². The normalized spacial score (nSPS) is 10.3. The Balaban J connectivity index is 2.14. The summed E-state index contributed by atoms with van der Waals surface area (Å²) in [4.78, 5) is 10.7. The summed E-state index contributed by atoms with van der Waals surface area (Å²) in [6.45, 7) is 1.74. The van der Waals surface area contributed by atoms with Gasteiger partial charge in [0.25, 0.3) is 5.22 Å². The van der Waals surface area contributed by atoms with Gasteiger partial charge in [-0.25, -0.2) is 0 Å². The van der Waals surface area contributed by atoms with Crippen LogP contribution in [0, 0.1) is 6.92 Å². The Bertz CT molecular complexity index is 554. The Morgan fingerprint density at radius 1 is 1.44 bits per heavy atom.